The molecule has 340 valence electrons. The first-order valence-corrected chi connectivity index (χ1v) is 22.6. The minimum atomic E-state index is -1.79. The van der Waals surface area contributed by atoms with Gasteiger partial charge < -0.3 is 65.1 Å². The zero-order valence-corrected chi connectivity index (χ0v) is 35.5. The maximum absolute atomic E-state index is 12.9. The summed E-state index contributed by atoms with van der Waals surface area (Å²) in [5.41, 5.74) is 0. The third-order valence-electron chi connectivity index (χ3n) is 11.1. The summed E-state index contributed by atoms with van der Waals surface area (Å²) < 4.78 is 22.5. The van der Waals surface area contributed by atoms with Crippen molar-refractivity contribution in [1.29, 1.82) is 0 Å². The summed E-state index contributed by atoms with van der Waals surface area (Å²) in [6, 6.07) is -0.922. The van der Waals surface area contributed by atoms with Crippen LogP contribution in [0.5, 0.6) is 0 Å². The van der Waals surface area contributed by atoms with Crippen molar-refractivity contribution in [2.75, 3.05) is 19.8 Å². The predicted octanol–water partition coefficient (Wildman–Crippen LogP) is 4.21. The Labute approximate surface area is 348 Å². The molecule has 2 saturated heterocycles. The Kier molecular flexibility index (Phi) is 29.2. The molecule has 2 heterocycles. The van der Waals surface area contributed by atoms with Gasteiger partial charge in [0.1, 0.15) is 48.8 Å². The smallest absolute Gasteiger partial charge is 0.220 e. The van der Waals surface area contributed by atoms with E-state index in [1.54, 1.807) is 6.08 Å². The Hall–Kier alpha value is -1.53. The Morgan fingerprint density at radius 2 is 1.10 bits per heavy atom. The van der Waals surface area contributed by atoms with E-state index in [9.17, 15) is 45.6 Å². The Bertz CT molecular complexity index is 1080. The minimum Gasteiger partial charge on any atom is -0.394 e. The highest BCUT2D eigenvalue weighted by molar-refractivity contribution is 5.76. The molecule has 0 aromatic carbocycles. The quantitative estimate of drug-likeness (QED) is 0.0334. The van der Waals surface area contributed by atoms with Crippen LogP contribution in [0.15, 0.2) is 24.3 Å². The van der Waals surface area contributed by atoms with Crippen LogP contribution in [0.1, 0.15) is 155 Å². The van der Waals surface area contributed by atoms with Crippen LogP contribution in [0.2, 0.25) is 0 Å². The van der Waals surface area contributed by atoms with Crippen LogP contribution in [0.4, 0.5) is 0 Å². The summed E-state index contributed by atoms with van der Waals surface area (Å²) in [4.78, 5) is 12.9. The molecule has 0 aromatic heterocycles. The summed E-state index contributed by atoms with van der Waals surface area (Å²) in [6.07, 6.45) is 15.8. The normalized spacial score (nSPS) is 29.0. The Morgan fingerprint density at radius 1 is 0.603 bits per heavy atom. The van der Waals surface area contributed by atoms with Crippen molar-refractivity contribution in [3.05, 3.63) is 24.3 Å². The number of rotatable bonds is 33. The van der Waals surface area contributed by atoms with Gasteiger partial charge in [0.2, 0.25) is 5.91 Å². The molecule has 58 heavy (non-hydrogen) atoms. The van der Waals surface area contributed by atoms with Crippen molar-refractivity contribution < 1.29 is 64.6 Å². The zero-order chi connectivity index (χ0) is 42.5. The zero-order valence-electron chi connectivity index (χ0n) is 35.5. The van der Waals surface area contributed by atoms with Gasteiger partial charge in [0.15, 0.2) is 12.6 Å². The van der Waals surface area contributed by atoms with Gasteiger partial charge in [-0.2, -0.15) is 0 Å². The molecule has 2 aliphatic heterocycles. The molecule has 0 aliphatic carbocycles. The maximum Gasteiger partial charge on any atom is 0.220 e. The second kappa shape index (κ2) is 32.2. The van der Waals surface area contributed by atoms with Crippen molar-refractivity contribution >= 4 is 5.91 Å². The number of hydrogen-bond donors (Lipinski definition) is 9. The van der Waals surface area contributed by atoms with Gasteiger partial charge in [-0.15, -0.1) is 0 Å². The van der Waals surface area contributed by atoms with E-state index < -0.39 is 86.8 Å². The fourth-order valence-corrected chi connectivity index (χ4v) is 7.36. The highest BCUT2D eigenvalue weighted by atomic mass is 16.7. The highest BCUT2D eigenvalue weighted by Gasteiger charge is 2.50. The molecule has 2 rings (SSSR count). The standard InChI is InChI=1S/C44H81NO13/c1-3-5-7-9-10-11-12-13-14-15-16-17-18-19-20-21-22-24-25-27-33(48)32(45-36(49)28-26-23-8-6-4-2)31-55-43-41(54)39(52)42(35(30-47)57-43)58-44-40(53)38(51)37(50)34(29-46)56-44/h20-21,25,27,32-35,37-44,46-48,50-54H,3-19,22-24,26,28-31H2,1-2H3,(H,45,49)/b21-20+,27-25+. The van der Waals surface area contributed by atoms with Crippen molar-refractivity contribution in [2.24, 2.45) is 0 Å². The van der Waals surface area contributed by atoms with E-state index in [4.69, 9.17) is 18.9 Å². The fourth-order valence-electron chi connectivity index (χ4n) is 7.36. The summed E-state index contributed by atoms with van der Waals surface area (Å²) in [6.45, 7) is 2.64. The predicted molar refractivity (Wildman–Crippen MR) is 221 cm³/mol. The summed E-state index contributed by atoms with van der Waals surface area (Å²) >= 11 is 0. The third-order valence-corrected chi connectivity index (χ3v) is 11.1. The lowest BCUT2D eigenvalue weighted by Gasteiger charge is -2.46. The number of allylic oxidation sites excluding steroid dienone is 3. The molecule has 12 atom stereocenters. The van der Waals surface area contributed by atoms with Crippen molar-refractivity contribution in [1.82, 2.24) is 5.32 Å². The SMILES string of the molecule is CCCCCCCCCCCCCCC/C=C/CC/C=C/C(O)C(COC1OC(CO)C(OC2OC(CO)C(O)C(O)C2O)C(O)C1O)NC(=O)CCCCCCC. The number of ether oxygens (including phenoxy) is 4. The number of hydrogen-bond acceptors (Lipinski definition) is 13. The number of nitrogens with one attached hydrogen (secondary N) is 1. The van der Waals surface area contributed by atoms with Gasteiger partial charge in [-0.05, 0) is 32.1 Å². The van der Waals surface area contributed by atoms with Crippen LogP contribution in [-0.4, -0.2) is 140 Å². The molecule has 2 fully saturated rings. The van der Waals surface area contributed by atoms with E-state index in [1.165, 1.54) is 83.5 Å². The summed E-state index contributed by atoms with van der Waals surface area (Å²) in [7, 11) is 0. The fraction of sp³-hybridized carbons (Fsp3) is 0.886. The summed E-state index contributed by atoms with van der Waals surface area (Å²) in [5.74, 6) is -0.264. The number of unbranched alkanes of at least 4 members (excludes halogenated alkanes) is 18. The molecule has 14 heteroatoms. The van der Waals surface area contributed by atoms with Gasteiger partial charge in [-0.1, -0.05) is 141 Å². The molecule has 9 N–H and O–H groups in total. The van der Waals surface area contributed by atoms with Gasteiger partial charge in [0.05, 0.1) is 32.0 Å². The number of aliphatic hydroxyl groups is 8. The number of carbonyl (C=O) groups is 1. The molecular formula is C44H81NO13. The molecular weight excluding hydrogens is 750 g/mol. The van der Waals surface area contributed by atoms with Gasteiger partial charge in [-0.25, -0.2) is 0 Å². The van der Waals surface area contributed by atoms with E-state index >= 15 is 0 Å². The molecule has 0 spiro atoms. The molecule has 2 aliphatic rings. The van der Waals surface area contributed by atoms with Crippen LogP contribution in [0.3, 0.4) is 0 Å². The second-order valence-corrected chi connectivity index (χ2v) is 16.2. The second-order valence-electron chi connectivity index (χ2n) is 16.2. The number of aliphatic hydroxyl groups excluding tert-OH is 8. The number of amides is 1. The molecule has 1 amide bonds. The van der Waals surface area contributed by atoms with Crippen LogP contribution in [-0.2, 0) is 23.7 Å². The first-order valence-electron chi connectivity index (χ1n) is 22.6. The topological polar surface area (TPSA) is 228 Å². The monoisotopic (exact) mass is 832 g/mol. The summed E-state index contributed by atoms with van der Waals surface area (Å²) in [5, 5.41) is 86.1. The molecule has 12 unspecified atom stereocenters. The van der Waals surface area contributed by atoms with E-state index in [-0.39, 0.29) is 18.9 Å². The van der Waals surface area contributed by atoms with Crippen LogP contribution in [0, 0.1) is 0 Å². The third kappa shape index (κ3) is 20.4. The number of carbonyl (C=O) groups excluding carboxylic acids is 1. The molecule has 0 aromatic rings. The van der Waals surface area contributed by atoms with E-state index in [1.807, 2.05) is 6.08 Å². The van der Waals surface area contributed by atoms with Gasteiger partial charge >= 0.3 is 0 Å². The lowest BCUT2D eigenvalue weighted by Crippen LogP contribution is -2.65. The van der Waals surface area contributed by atoms with Crippen molar-refractivity contribution in [3.63, 3.8) is 0 Å². The van der Waals surface area contributed by atoms with Gasteiger partial charge in [0, 0.05) is 6.42 Å². The van der Waals surface area contributed by atoms with Gasteiger partial charge in [-0.3, -0.25) is 4.79 Å². The van der Waals surface area contributed by atoms with E-state index in [0.29, 0.717) is 12.8 Å². The highest BCUT2D eigenvalue weighted by Crippen LogP contribution is 2.30. The largest absolute Gasteiger partial charge is 0.394 e. The van der Waals surface area contributed by atoms with E-state index in [0.717, 1.165) is 38.5 Å². The molecule has 14 nitrogen and oxygen atoms in total. The lowest BCUT2D eigenvalue weighted by molar-refractivity contribution is -0.359. The first-order chi connectivity index (χ1) is 28.1. The molecule has 0 bridgehead atoms. The molecule has 0 saturated carbocycles. The molecule has 0 radical (unpaired) electrons. The average Bonchev–Trinajstić information content (AvgIpc) is 3.22. The Morgan fingerprint density at radius 3 is 1.69 bits per heavy atom. The van der Waals surface area contributed by atoms with Crippen LogP contribution in [0.25, 0.3) is 0 Å². The lowest BCUT2D eigenvalue weighted by atomic mass is 9.97. The van der Waals surface area contributed by atoms with Crippen LogP contribution >= 0.6 is 0 Å². The van der Waals surface area contributed by atoms with Crippen molar-refractivity contribution in [3.8, 4) is 0 Å². The van der Waals surface area contributed by atoms with Crippen LogP contribution < -0.4 is 5.32 Å². The van der Waals surface area contributed by atoms with E-state index in [2.05, 4.69) is 31.3 Å². The first kappa shape index (κ1) is 52.6. The van der Waals surface area contributed by atoms with Gasteiger partial charge in [0.25, 0.3) is 0 Å². The van der Waals surface area contributed by atoms with Crippen molar-refractivity contribution in [2.45, 2.75) is 229 Å². The average molecular weight is 832 g/mol. The Balaban J connectivity index is 1.84. The minimum absolute atomic E-state index is 0.264. The maximum atomic E-state index is 12.9.